The van der Waals surface area contributed by atoms with Gasteiger partial charge in [0.05, 0.1) is 0 Å². The molecule has 0 saturated carbocycles. The van der Waals surface area contributed by atoms with Crippen molar-refractivity contribution >= 4 is 22.1 Å². The Balaban J connectivity index is 2.64. The lowest BCUT2D eigenvalue weighted by Crippen LogP contribution is -1.99. The predicted octanol–water partition coefficient (Wildman–Crippen LogP) is 2.58. The van der Waals surface area contributed by atoms with Gasteiger partial charge in [-0.3, -0.25) is 0 Å². The Hall–Kier alpha value is -1.39. The molecule has 4 heteroatoms. The van der Waals surface area contributed by atoms with Crippen molar-refractivity contribution in [2.24, 2.45) is 0 Å². The van der Waals surface area contributed by atoms with Gasteiger partial charge in [-0.15, -0.1) is 0 Å². The topological polar surface area (TPSA) is 49.4 Å². The molecule has 0 fully saturated rings. The largest absolute Gasteiger partial charge is 0.740 e. The van der Waals surface area contributed by atoms with E-state index in [9.17, 15) is 8.76 Å². The van der Waals surface area contributed by atoms with E-state index in [1.807, 2.05) is 30.3 Å². The number of hydrogen-bond acceptors (Lipinski definition) is 3. The Morgan fingerprint density at radius 1 is 1.19 bits per heavy atom. The van der Waals surface area contributed by atoms with Crippen molar-refractivity contribution in [3.63, 3.8) is 0 Å². The predicted molar refractivity (Wildman–Crippen MR) is 62.9 cm³/mol. The highest BCUT2D eigenvalue weighted by Gasteiger charge is 2.05. The van der Waals surface area contributed by atoms with Crippen LogP contribution in [0.25, 0.3) is 10.8 Å². The molecule has 0 radical (unpaired) electrons. The third-order valence-electron chi connectivity index (χ3n) is 2.51. The van der Waals surface area contributed by atoms with Crippen LogP contribution in [-0.4, -0.2) is 8.76 Å². The molecule has 0 aromatic heterocycles. The minimum atomic E-state index is -2.53. The van der Waals surface area contributed by atoms with E-state index in [1.165, 1.54) is 5.56 Å². The molecule has 16 heavy (non-hydrogen) atoms. The molecule has 1 atom stereocenters. The molecule has 0 saturated heterocycles. The fourth-order valence-electron chi connectivity index (χ4n) is 1.79. The van der Waals surface area contributed by atoms with Crippen LogP contribution in [0.5, 0.6) is 5.75 Å². The highest BCUT2D eigenvalue weighted by atomic mass is 32.2. The van der Waals surface area contributed by atoms with Crippen molar-refractivity contribution < 1.29 is 12.9 Å². The molecule has 0 bridgehead atoms. The van der Waals surface area contributed by atoms with Gasteiger partial charge in [0, 0.05) is 5.39 Å². The summed E-state index contributed by atoms with van der Waals surface area (Å²) in [7, 11) is 0. The average Bonchev–Trinajstić information content (AvgIpc) is 2.29. The zero-order valence-corrected chi connectivity index (χ0v) is 9.62. The SMILES string of the molecule is CCc1ccc(OS(=O)[O-])c2ccccc12. The normalized spacial score (nSPS) is 12.6. The van der Waals surface area contributed by atoms with Gasteiger partial charge in [0.15, 0.2) is 0 Å². The lowest BCUT2D eigenvalue weighted by Gasteiger charge is -2.12. The van der Waals surface area contributed by atoms with Crippen LogP contribution in [0.1, 0.15) is 12.5 Å². The van der Waals surface area contributed by atoms with E-state index >= 15 is 0 Å². The summed E-state index contributed by atoms with van der Waals surface area (Å²) < 4.78 is 25.8. The molecule has 0 aliphatic carbocycles. The van der Waals surface area contributed by atoms with Gasteiger partial charge in [-0.1, -0.05) is 37.3 Å². The van der Waals surface area contributed by atoms with Crippen LogP contribution in [0.4, 0.5) is 0 Å². The number of benzene rings is 2. The van der Waals surface area contributed by atoms with Gasteiger partial charge in [-0.05, 0) is 23.4 Å². The molecular weight excluding hydrogens is 224 g/mol. The van der Waals surface area contributed by atoms with Gasteiger partial charge >= 0.3 is 0 Å². The fraction of sp³-hybridized carbons (Fsp3) is 0.167. The van der Waals surface area contributed by atoms with Gasteiger partial charge in [0.1, 0.15) is 17.1 Å². The highest BCUT2D eigenvalue weighted by Crippen LogP contribution is 2.29. The lowest BCUT2D eigenvalue weighted by atomic mass is 10.0. The molecule has 0 aliphatic heterocycles. The molecule has 84 valence electrons. The van der Waals surface area contributed by atoms with Crippen molar-refractivity contribution in [1.29, 1.82) is 0 Å². The molecule has 3 nitrogen and oxygen atoms in total. The van der Waals surface area contributed by atoms with E-state index in [4.69, 9.17) is 4.18 Å². The Morgan fingerprint density at radius 2 is 1.88 bits per heavy atom. The van der Waals surface area contributed by atoms with E-state index in [0.717, 1.165) is 17.2 Å². The molecule has 1 unspecified atom stereocenters. The summed E-state index contributed by atoms with van der Waals surface area (Å²) in [4.78, 5) is 0. The van der Waals surface area contributed by atoms with E-state index < -0.39 is 11.4 Å². The van der Waals surface area contributed by atoms with Gasteiger partial charge in [0.2, 0.25) is 0 Å². The first kappa shape index (κ1) is 11.1. The number of rotatable bonds is 3. The maximum absolute atomic E-state index is 10.5. The first-order chi connectivity index (χ1) is 7.72. The van der Waals surface area contributed by atoms with Crippen LogP contribution in [-0.2, 0) is 17.8 Å². The van der Waals surface area contributed by atoms with Crippen molar-refractivity contribution in [3.05, 3.63) is 42.0 Å². The molecule has 0 heterocycles. The molecule has 0 N–H and O–H groups in total. The summed E-state index contributed by atoms with van der Waals surface area (Å²) in [6, 6.07) is 11.2. The molecule has 0 spiro atoms. The molecule has 0 amide bonds. The summed E-state index contributed by atoms with van der Waals surface area (Å²) in [6.45, 7) is 2.06. The number of hydrogen-bond donors (Lipinski definition) is 0. The molecule has 0 aliphatic rings. The smallest absolute Gasteiger partial charge is 0.147 e. The van der Waals surface area contributed by atoms with Gasteiger partial charge in [0.25, 0.3) is 0 Å². The van der Waals surface area contributed by atoms with E-state index in [-0.39, 0.29) is 0 Å². The average molecular weight is 235 g/mol. The Bertz CT molecular complexity index is 537. The Labute approximate surface area is 96.5 Å². The highest BCUT2D eigenvalue weighted by molar-refractivity contribution is 7.74. The van der Waals surface area contributed by atoms with Gasteiger partial charge in [-0.2, -0.15) is 0 Å². The third-order valence-corrected chi connectivity index (χ3v) is 2.83. The summed E-state index contributed by atoms with van der Waals surface area (Å²) in [5.74, 6) is 0.376. The second kappa shape index (κ2) is 4.63. The van der Waals surface area contributed by atoms with Crippen molar-refractivity contribution in [2.75, 3.05) is 0 Å². The molecule has 2 rings (SSSR count). The van der Waals surface area contributed by atoms with E-state index in [0.29, 0.717) is 5.75 Å². The summed E-state index contributed by atoms with van der Waals surface area (Å²) in [6.07, 6.45) is 0.904. The molecule has 2 aromatic rings. The van der Waals surface area contributed by atoms with Crippen molar-refractivity contribution in [3.8, 4) is 5.75 Å². The zero-order chi connectivity index (χ0) is 11.5. The minimum Gasteiger partial charge on any atom is -0.740 e. The maximum Gasteiger partial charge on any atom is 0.147 e. The van der Waals surface area contributed by atoms with Crippen LogP contribution >= 0.6 is 0 Å². The third kappa shape index (κ3) is 2.08. The first-order valence-electron chi connectivity index (χ1n) is 5.00. The number of fused-ring (bicyclic) bond motifs is 1. The van der Waals surface area contributed by atoms with Crippen LogP contribution in [0, 0.1) is 0 Å². The van der Waals surface area contributed by atoms with Crippen LogP contribution in [0.15, 0.2) is 36.4 Å². The summed E-state index contributed by atoms with van der Waals surface area (Å²) >= 11 is -2.53. The standard InChI is InChI=1S/C12H12O3S/c1-2-9-7-8-12(15-16(13)14)11-6-4-3-5-10(9)11/h3-8H,2H2,1H3,(H,13,14)/p-1. The summed E-state index contributed by atoms with van der Waals surface area (Å²) in [5, 5.41) is 1.86. The van der Waals surface area contributed by atoms with Crippen LogP contribution < -0.4 is 4.18 Å². The van der Waals surface area contributed by atoms with E-state index in [1.54, 1.807) is 6.07 Å². The van der Waals surface area contributed by atoms with Crippen LogP contribution in [0.2, 0.25) is 0 Å². The second-order valence-electron chi connectivity index (χ2n) is 3.41. The number of aryl methyl sites for hydroxylation is 1. The van der Waals surface area contributed by atoms with Gasteiger partial charge < -0.3 is 8.74 Å². The van der Waals surface area contributed by atoms with Crippen molar-refractivity contribution in [2.45, 2.75) is 13.3 Å². The minimum absolute atomic E-state index is 0.376. The summed E-state index contributed by atoms with van der Waals surface area (Å²) in [5.41, 5.74) is 1.18. The maximum atomic E-state index is 10.5. The molecular formula is C12H11O3S-. The zero-order valence-electron chi connectivity index (χ0n) is 8.80. The first-order valence-corrected chi connectivity index (χ1v) is 6.00. The Morgan fingerprint density at radius 3 is 2.50 bits per heavy atom. The quantitative estimate of drug-likeness (QED) is 0.768. The fourth-order valence-corrected chi connectivity index (χ4v) is 2.08. The Kier molecular flexibility index (Phi) is 3.22. The monoisotopic (exact) mass is 235 g/mol. The van der Waals surface area contributed by atoms with Gasteiger partial charge in [-0.25, -0.2) is 4.21 Å². The van der Waals surface area contributed by atoms with Crippen molar-refractivity contribution in [1.82, 2.24) is 0 Å². The van der Waals surface area contributed by atoms with Crippen LogP contribution in [0.3, 0.4) is 0 Å². The lowest BCUT2D eigenvalue weighted by molar-refractivity contribution is 0.442. The second-order valence-corrected chi connectivity index (χ2v) is 3.98. The van der Waals surface area contributed by atoms with E-state index in [2.05, 4.69) is 6.92 Å². The molecule has 2 aromatic carbocycles.